The van der Waals surface area contributed by atoms with Crippen LogP contribution in [-0.4, -0.2) is 18.8 Å². The summed E-state index contributed by atoms with van der Waals surface area (Å²) in [6.45, 7) is 0.483. The van der Waals surface area contributed by atoms with Gasteiger partial charge in [-0.1, -0.05) is 0 Å². The second-order valence-electron chi connectivity index (χ2n) is 0.840. The first kappa shape index (κ1) is 5.50. The van der Waals surface area contributed by atoms with Gasteiger partial charge in [0.15, 0.2) is 0 Å². The average Bonchev–Trinajstić information content (AvgIpc) is 1.61. The normalized spacial score (nSPS) is 10.2. The number of hydrogen-bond donors (Lipinski definition) is 1. The van der Waals surface area contributed by atoms with Crippen molar-refractivity contribution >= 4 is 0 Å². The van der Waals surface area contributed by atoms with Crippen molar-refractivity contribution < 1.29 is 9.84 Å². The monoisotopic (exact) mass is 88.1 g/mol. The Balaban J connectivity index is 2.66. The van der Waals surface area contributed by atoms with Crippen LogP contribution < -0.4 is 0 Å². The molecule has 0 aromatic heterocycles. The van der Waals surface area contributed by atoms with E-state index in [4.69, 9.17) is 5.11 Å². The molecule has 0 spiro atoms. The zero-order valence-electron chi connectivity index (χ0n) is 3.72. The van der Waals surface area contributed by atoms with Crippen LogP contribution >= 0.6 is 0 Å². The Hall–Kier alpha value is -0.500. The van der Waals surface area contributed by atoms with Gasteiger partial charge in [0.25, 0.3) is 0 Å². The summed E-state index contributed by atoms with van der Waals surface area (Å²) in [5.41, 5.74) is 0. The van der Waals surface area contributed by atoms with Crippen LogP contribution in [0.4, 0.5) is 0 Å². The molecule has 0 aromatic rings. The summed E-state index contributed by atoms with van der Waals surface area (Å²) in [7, 11) is 1.57. The first-order chi connectivity index (χ1) is 2.91. The van der Waals surface area contributed by atoms with Crippen molar-refractivity contribution in [3.8, 4) is 0 Å². The maximum atomic E-state index is 7.94. The van der Waals surface area contributed by atoms with Gasteiger partial charge in [0.1, 0.15) is 0 Å². The van der Waals surface area contributed by atoms with Gasteiger partial charge in [-0.05, 0) is 6.08 Å². The molecular weight excluding hydrogens is 80.0 g/mol. The van der Waals surface area contributed by atoms with Crippen molar-refractivity contribution in [1.29, 1.82) is 0 Å². The van der Waals surface area contributed by atoms with Gasteiger partial charge in [-0.15, -0.1) is 0 Å². The highest BCUT2D eigenvalue weighted by atomic mass is 16.5. The Morgan fingerprint density at radius 3 is 2.67 bits per heavy atom. The molecule has 2 heteroatoms. The van der Waals surface area contributed by atoms with E-state index in [0.717, 1.165) is 6.26 Å². The third-order valence-electron chi connectivity index (χ3n) is 0.368. The van der Waals surface area contributed by atoms with E-state index in [1.54, 1.807) is 7.11 Å². The van der Waals surface area contributed by atoms with Gasteiger partial charge in [0, 0.05) is 7.11 Å². The highest BCUT2D eigenvalue weighted by molar-refractivity contribution is 4.69. The molecular formula is C4H8O2. The topological polar surface area (TPSA) is 29.5 Å². The second-order valence-corrected chi connectivity index (χ2v) is 0.840. The van der Waals surface area contributed by atoms with Gasteiger partial charge in [-0.2, -0.15) is 0 Å². The van der Waals surface area contributed by atoms with Gasteiger partial charge in [-0.25, -0.2) is 0 Å². The number of aliphatic hydroxyl groups excluding tert-OH is 1. The zero-order chi connectivity index (χ0) is 4.83. The van der Waals surface area contributed by atoms with E-state index in [1.165, 1.54) is 6.08 Å². The lowest BCUT2D eigenvalue weighted by Gasteiger charge is -1.81. The van der Waals surface area contributed by atoms with Crippen LogP contribution in [-0.2, 0) is 4.74 Å². The molecule has 0 atom stereocenters. The van der Waals surface area contributed by atoms with Crippen molar-refractivity contribution in [2.45, 2.75) is 0 Å². The van der Waals surface area contributed by atoms with Gasteiger partial charge >= 0.3 is 0 Å². The quantitative estimate of drug-likeness (QED) is 0.503. The number of methoxy groups -OCH3 is 1. The average molecular weight is 88.1 g/mol. The predicted molar refractivity (Wildman–Crippen MR) is 23.6 cm³/mol. The number of aliphatic hydroxyl groups is 1. The molecule has 36 valence electrons. The summed E-state index contributed by atoms with van der Waals surface area (Å²) in [6.07, 6.45) is 2.48. The Labute approximate surface area is 37.1 Å². The maximum Gasteiger partial charge on any atom is 0.0774 e. The fraction of sp³-hybridized carbons (Fsp3) is 0.500. The van der Waals surface area contributed by atoms with E-state index in [0.29, 0.717) is 6.61 Å². The fourth-order valence-corrected chi connectivity index (χ4v) is 0.139. The molecule has 0 aliphatic carbocycles. The van der Waals surface area contributed by atoms with Crippen LogP contribution in [0, 0.1) is 0 Å². The SMILES string of the molecule is COCC=CO. The molecule has 2 nitrogen and oxygen atoms in total. The maximum absolute atomic E-state index is 7.94. The molecule has 0 aliphatic heterocycles. The highest BCUT2D eigenvalue weighted by Gasteiger charge is 1.63. The molecule has 1 N–H and O–H groups in total. The van der Waals surface area contributed by atoms with Crippen LogP contribution in [0.2, 0.25) is 0 Å². The Kier molecular flexibility index (Phi) is 4.12. The fourth-order valence-electron chi connectivity index (χ4n) is 0.139. The summed E-state index contributed by atoms with van der Waals surface area (Å²) in [5.74, 6) is 0. The van der Waals surface area contributed by atoms with Gasteiger partial charge in [0.05, 0.1) is 12.9 Å². The van der Waals surface area contributed by atoms with Crippen LogP contribution in [0.25, 0.3) is 0 Å². The Morgan fingerprint density at radius 2 is 2.50 bits per heavy atom. The molecule has 0 bridgehead atoms. The largest absolute Gasteiger partial charge is 0.516 e. The second kappa shape index (κ2) is 4.50. The summed E-state index contributed by atoms with van der Waals surface area (Å²) in [4.78, 5) is 0. The number of rotatable bonds is 2. The highest BCUT2D eigenvalue weighted by Crippen LogP contribution is 1.66. The third kappa shape index (κ3) is 3.50. The van der Waals surface area contributed by atoms with Crippen molar-refractivity contribution in [2.75, 3.05) is 13.7 Å². The third-order valence-corrected chi connectivity index (χ3v) is 0.368. The van der Waals surface area contributed by atoms with E-state index in [1.807, 2.05) is 0 Å². The molecule has 0 aliphatic rings. The predicted octanol–water partition coefficient (Wildman–Crippen LogP) is 0.705. The number of ether oxygens (including phenoxy) is 1. The minimum absolute atomic E-state index is 0.483. The molecule has 0 radical (unpaired) electrons. The molecule has 0 fully saturated rings. The minimum Gasteiger partial charge on any atom is -0.516 e. The van der Waals surface area contributed by atoms with Crippen LogP contribution in [0.15, 0.2) is 12.3 Å². The van der Waals surface area contributed by atoms with Crippen molar-refractivity contribution in [1.82, 2.24) is 0 Å². The number of hydrogen-bond acceptors (Lipinski definition) is 2. The van der Waals surface area contributed by atoms with Gasteiger partial charge in [0.2, 0.25) is 0 Å². The van der Waals surface area contributed by atoms with Crippen LogP contribution in [0.3, 0.4) is 0 Å². The molecule has 0 saturated carbocycles. The first-order valence-electron chi connectivity index (χ1n) is 1.70. The van der Waals surface area contributed by atoms with E-state index >= 15 is 0 Å². The van der Waals surface area contributed by atoms with E-state index < -0.39 is 0 Å². The Bertz CT molecular complexity index is 40.8. The summed E-state index contributed by atoms with van der Waals surface area (Å²) in [6, 6.07) is 0. The van der Waals surface area contributed by atoms with Crippen molar-refractivity contribution in [2.24, 2.45) is 0 Å². The van der Waals surface area contributed by atoms with E-state index in [-0.39, 0.29) is 0 Å². The molecule has 0 saturated heterocycles. The lowest BCUT2D eigenvalue weighted by atomic mass is 10.7. The summed E-state index contributed by atoms with van der Waals surface area (Å²) in [5, 5.41) is 7.94. The molecule has 6 heavy (non-hydrogen) atoms. The van der Waals surface area contributed by atoms with E-state index in [2.05, 4.69) is 4.74 Å². The standard InChI is InChI=1S/C4H8O2/c1-6-4-2-3-5/h2-3,5H,4H2,1H3. The zero-order valence-corrected chi connectivity index (χ0v) is 3.72. The summed E-state index contributed by atoms with van der Waals surface area (Å²) >= 11 is 0. The minimum atomic E-state index is 0.483. The Morgan fingerprint density at radius 1 is 1.83 bits per heavy atom. The lowest BCUT2D eigenvalue weighted by Crippen LogP contribution is -1.78. The molecule has 0 unspecified atom stereocenters. The molecule has 0 amide bonds. The molecule has 0 aromatic carbocycles. The lowest BCUT2D eigenvalue weighted by molar-refractivity contribution is 0.231. The molecule has 0 heterocycles. The smallest absolute Gasteiger partial charge is 0.0774 e. The van der Waals surface area contributed by atoms with E-state index in [9.17, 15) is 0 Å². The molecule has 0 rings (SSSR count). The van der Waals surface area contributed by atoms with Crippen LogP contribution in [0.1, 0.15) is 0 Å². The van der Waals surface area contributed by atoms with Crippen molar-refractivity contribution in [3.05, 3.63) is 12.3 Å². The summed E-state index contributed by atoms with van der Waals surface area (Å²) < 4.78 is 4.54. The van der Waals surface area contributed by atoms with Gasteiger partial charge in [-0.3, -0.25) is 0 Å². The van der Waals surface area contributed by atoms with Crippen LogP contribution in [0.5, 0.6) is 0 Å². The van der Waals surface area contributed by atoms with Gasteiger partial charge < -0.3 is 9.84 Å². The first-order valence-corrected chi connectivity index (χ1v) is 1.70. The van der Waals surface area contributed by atoms with Crippen molar-refractivity contribution in [3.63, 3.8) is 0 Å².